The minimum atomic E-state index is -4.72. The molecule has 3 aromatic carbocycles. The number of nitrogens with one attached hydrogen (secondary N) is 2. The molecule has 4 aromatic rings. The van der Waals surface area contributed by atoms with Gasteiger partial charge in [0, 0.05) is 11.1 Å². The topological polar surface area (TPSA) is 104 Å². The van der Waals surface area contributed by atoms with Crippen molar-refractivity contribution in [2.45, 2.75) is 19.1 Å². The molecule has 0 fully saturated rings. The lowest BCUT2D eigenvalue weighted by atomic mass is 10.1. The van der Waals surface area contributed by atoms with Gasteiger partial charge in [-0.3, -0.25) is 4.79 Å². The molecule has 0 bridgehead atoms. The summed E-state index contributed by atoms with van der Waals surface area (Å²) in [5.41, 5.74) is -0.676. The summed E-state index contributed by atoms with van der Waals surface area (Å²) in [6.07, 6.45) is -3.48. The Bertz CT molecular complexity index is 1470. The molecule has 0 aliphatic heterocycles. The number of rotatable bonds is 6. The molecule has 0 unspecified atom stereocenters. The molecule has 0 aliphatic rings. The van der Waals surface area contributed by atoms with Crippen LogP contribution in [0.1, 0.15) is 44.8 Å². The van der Waals surface area contributed by atoms with E-state index >= 15 is 0 Å². The summed E-state index contributed by atoms with van der Waals surface area (Å²) in [4.78, 5) is 32.3. The van der Waals surface area contributed by atoms with Gasteiger partial charge in [-0.25, -0.2) is 19.2 Å². The summed E-state index contributed by atoms with van der Waals surface area (Å²) in [6, 6.07) is 12.4. The molecule has 36 heavy (non-hydrogen) atoms. The van der Waals surface area contributed by atoms with Gasteiger partial charge in [-0.15, -0.1) is 0 Å². The van der Waals surface area contributed by atoms with Crippen molar-refractivity contribution in [1.29, 1.82) is 0 Å². The monoisotopic (exact) mass is 498 g/mol. The molecule has 0 aliphatic carbocycles. The van der Waals surface area contributed by atoms with Crippen molar-refractivity contribution in [1.82, 2.24) is 9.97 Å². The van der Waals surface area contributed by atoms with Crippen molar-refractivity contribution in [3.8, 4) is 0 Å². The van der Waals surface area contributed by atoms with Crippen LogP contribution in [-0.4, -0.2) is 27.0 Å². The molecule has 1 amide bonds. The number of para-hydroxylation sites is 1. The Kier molecular flexibility index (Phi) is 6.56. The minimum absolute atomic E-state index is 0.0251. The Morgan fingerprint density at radius 1 is 0.972 bits per heavy atom. The molecule has 3 N–H and O–H groups in total. The molecule has 0 saturated carbocycles. The molecule has 0 spiro atoms. The highest BCUT2D eigenvalue weighted by Gasteiger charge is 2.32. The first-order valence-electron chi connectivity index (χ1n) is 10.6. The van der Waals surface area contributed by atoms with E-state index < -0.39 is 41.0 Å². The van der Waals surface area contributed by atoms with E-state index in [1.54, 1.807) is 37.3 Å². The number of fused-ring (bicyclic) bond motifs is 1. The summed E-state index contributed by atoms with van der Waals surface area (Å²) in [6.45, 7) is 1.79. The first kappa shape index (κ1) is 24.6. The quantitative estimate of drug-likeness (QED) is 0.286. The maximum absolute atomic E-state index is 14.1. The van der Waals surface area contributed by atoms with Gasteiger partial charge in [0.15, 0.2) is 0 Å². The predicted molar refractivity (Wildman–Crippen MR) is 124 cm³/mol. The Balaban J connectivity index is 1.56. The molecular formula is C25H18F4N4O3. The molecule has 1 heterocycles. The van der Waals surface area contributed by atoms with E-state index in [2.05, 4.69) is 20.6 Å². The maximum Gasteiger partial charge on any atom is 0.416 e. The number of carboxylic acid groups (broad SMARTS) is 1. The molecule has 1 atom stereocenters. The van der Waals surface area contributed by atoms with Crippen LogP contribution in [0.25, 0.3) is 10.9 Å². The second kappa shape index (κ2) is 9.61. The molecular weight excluding hydrogens is 480 g/mol. The molecule has 7 nitrogen and oxygen atoms in total. The van der Waals surface area contributed by atoms with Gasteiger partial charge in [0.25, 0.3) is 5.91 Å². The maximum atomic E-state index is 14.1. The van der Waals surface area contributed by atoms with Gasteiger partial charge < -0.3 is 15.7 Å². The van der Waals surface area contributed by atoms with Crippen LogP contribution in [0.4, 0.5) is 29.1 Å². The number of halogens is 4. The van der Waals surface area contributed by atoms with E-state index in [-0.39, 0.29) is 16.8 Å². The second-order valence-electron chi connectivity index (χ2n) is 7.87. The SMILES string of the molecule is C[C@@H](Nc1ncnc2c(C(=O)O)cccc12)c1cccc(NC(=O)c2cc(C(F)(F)F)ccc2F)c1. The fourth-order valence-corrected chi connectivity index (χ4v) is 3.62. The van der Waals surface area contributed by atoms with Crippen molar-refractivity contribution >= 4 is 34.3 Å². The number of aromatic carboxylic acids is 1. The van der Waals surface area contributed by atoms with Crippen molar-refractivity contribution < 1.29 is 32.3 Å². The number of carbonyl (C=O) groups excluding carboxylic acids is 1. The normalized spacial score (nSPS) is 12.2. The van der Waals surface area contributed by atoms with Crippen LogP contribution >= 0.6 is 0 Å². The van der Waals surface area contributed by atoms with E-state index in [4.69, 9.17) is 0 Å². The lowest BCUT2D eigenvalue weighted by molar-refractivity contribution is -0.137. The highest BCUT2D eigenvalue weighted by Crippen LogP contribution is 2.31. The zero-order valence-corrected chi connectivity index (χ0v) is 18.6. The molecule has 1 aromatic heterocycles. The second-order valence-corrected chi connectivity index (χ2v) is 7.87. The van der Waals surface area contributed by atoms with Crippen LogP contribution in [0.2, 0.25) is 0 Å². The predicted octanol–water partition coefficient (Wildman–Crippen LogP) is 5.91. The van der Waals surface area contributed by atoms with Gasteiger partial charge in [0.1, 0.15) is 18.0 Å². The van der Waals surface area contributed by atoms with Crippen LogP contribution in [0.3, 0.4) is 0 Å². The van der Waals surface area contributed by atoms with Crippen LogP contribution in [0.5, 0.6) is 0 Å². The average Bonchev–Trinajstić information content (AvgIpc) is 2.83. The number of alkyl halides is 3. The number of hydrogen-bond donors (Lipinski definition) is 3. The summed E-state index contributed by atoms with van der Waals surface area (Å²) >= 11 is 0. The molecule has 11 heteroatoms. The first-order valence-corrected chi connectivity index (χ1v) is 10.6. The van der Waals surface area contributed by atoms with E-state index in [1.807, 2.05) is 0 Å². The number of amides is 1. The number of anilines is 2. The highest BCUT2D eigenvalue weighted by molar-refractivity contribution is 6.05. The van der Waals surface area contributed by atoms with Crippen molar-refractivity contribution in [3.63, 3.8) is 0 Å². The zero-order valence-electron chi connectivity index (χ0n) is 18.6. The third kappa shape index (κ3) is 5.09. The van der Waals surface area contributed by atoms with Crippen molar-refractivity contribution in [3.05, 3.63) is 95.1 Å². The molecule has 4 rings (SSSR count). The summed E-state index contributed by atoms with van der Waals surface area (Å²) < 4.78 is 53.0. The fourth-order valence-electron chi connectivity index (χ4n) is 3.62. The van der Waals surface area contributed by atoms with Gasteiger partial charge in [0.2, 0.25) is 0 Å². The Hall–Kier alpha value is -4.54. The van der Waals surface area contributed by atoms with Crippen molar-refractivity contribution in [2.24, 2.45) is 0 Å². The highest BCUT2D eigenvalue weighted by atomic mass is 19.4. The van der Waals surface area contributed by atoms with E-state index in [0.29, 0.717) is 35.0 Å². The smallest absolute Gasteiger partial charge is 0.416 e. The molecule has 0 saturated heterocycles. The standard InChI is InChI=1S/C25H18F4N4O3/c1-13(32-22-17-6-3-7-18(24(35)36)21(17)30-12-31-22)14-4-2-5-16(10-14)33-23(34)19-11-15(25(27,28)29)8-9-20(19)26/h2-13H,1H3,(H,33,34)(H,35,36)(H,30,31,32)/t13-/m1/s1. The Morgan fingerprint density at radius 2 is 1.72 bits per heavy atom. The van der Waals surface area contributed by atoms with Gasteiger partial charge in [-0.05, 0) is 55.0 Å². The minimum Gasteiger partial charge on any atom is -0.478 e. The van der Waals surface area contributed by atoms with Crippen LogP contribution in [-0.2, 0) is 6.18 Å². The van der Waals surface area contributed by atoms with Crippen LogP contribution in [0, 0.1) is 5.82 Å². The van der Waals surface area contributed by atoms with Gasteiger partial charge in [-0.2, -0.15) is 13.2 Å². The number of carboxylic acids is 1. The van der Waals surface area contributed by atoms with Gasteiger partial charge in [0.05, 0.1) is 28.2 Å². The molecule has 184 valence electrons. The Morgan fingerprint density at radius 3 is 2.44 bits per heavy atom. The number of hydrogen-bond acceptors (Lipinski definition) is 5. The number of nitrogens with zero attached hydrogens (tertiary/aromatic N) is 2. The third-order valence-corrected chi connectivity index (χ3v) is 5.43. The third-order valence-electron chi connectivity index (χ3n) is 5.43. The largest absolute Gasteiger partial charge is 0.478 e. The average molecular weight is 498 g/mol. The fraction of sp³-hybridized carbons (Fsp3) is 0.120. The summed E-state index contributed by atoms with van der Waals surface area (Å²) in [7, 11) is 0. The van der Waals surface area contributed by atoms with E-state index in [1.165, 1.54) is 18.5 Å². The summed E-state index contributed by atoms with van der Waals surface area (Å²) in [5, 5.41) is 15.5. The zero-order chi connectivity index (χ0) is 26.0. The van der Waals surface area contributed by atoms with Crippen LogP contribution in [0.15, 0.2) is 67.0 Å². The first-order chi connectivity index (χ1) is 17.0. The van der Waals surface area contributed by atoms with Gasteiger partial charge in [-0.1, -0.05) is 18.2 Å². The Labute approximate surface area is 201 Å². The van der Waals surface area contributed by atoms with E-state index in [0.717, 1.165) is 0 Å². The number of aromatic nitrogens is 2. The lowest BCUT2D eigenvalue weighted by Crippen LogP contribution is -2.16. The van der Waals surface area contributed by atoms with Crippen LogP contribution < -0.4 is 10.6 Å². The van der Waals surface area contributed by atoms with E-state index in [9.17, 15) is 32.3 Å². The summed E-state index contributed by atoms with van der Waals surface area (Å²) in [5.74, 6) is -2.85. The van der Waals surface area contributed by atoms with Gasteiger partial charge >= 0.3 is 12.1 Å². The number of benzene rings is 3. The number of carbonyl (C=O) groups is 2. The van der Waals surface area contributed by atoms with Crippen molar-refractivity contribution in [2.75, 3.05) is 10.6 Å². The lowest BCUT2D eigenvalue weighted by Gasteiger charge is -2.17. The molecule has 0 radical (unpaired) electrons.